The number of amides is 4. The van der Waals surface area contributed by atoms with Crippen molar-refractivity contribution in [1.29, 1.82) is 0 Å². The Kier molecular flexibility index (Phi) is 8.96. The lowest BCUT2D eigenvalue weighted by Crippen LogP contribution is -2.31. The van der Waals surface area contributed by atoms with Crippen LogP contribution in [0.5, 0.6) is 0 Å². The number of hydrogen-bond acceptors (Lipinski definition) is 4. The van der Waals surface area contributed by atoms with Crippen LogP contribution in [0.1, 0.15) is 45.5 Å². The van der Waals surface area contributed by atoms with E-state index in [0.717, 1.165) is 30.9 Å². The molecular weight excluding hydrogens is 530 g/mol. The van der Waals surface area contributed by atoms with E-state index < -0.39 is 23.7 Å². The van der Waals surface area contributed by atoms with Gasteiger partial charge >= 0.3 is 24.4 Å². The molecule has 4 heterocycles. The lowest BCUT2D eigenvalue weighted by molar-refractivity contribution is -0.141. The molecular formula is C25H30F6N6O2. The van der Waals surface area contributed by atoms with Crippen molar-refractivity contribution < 1.29 is 35.9 Å². The smallest absolute Gasteiger partial charge is 0.333 e. The van der Waals surface area contributed by atoms with E-state index in [9.17, 15) is 35.9 Å². The highest BCUT2D eigenvalue weighted by atomic mass is 19.4. The van der Waals surface area contributed by atoms with Gasteiger partial charge in [0.25, 0.3) is 0 Å². The molecule has 2 aliphatic rings. The predicted molar refractivity (Wildman–Crippen MR) is 132 cm³/mol. The van der Waals surface area contributed by atoms with E-state index in [1.807, 2.05) is 13.8 Å². The third-order valence-corrected chi connectivity index (χ3v) is 6.17. The molecule has 214 valence electrons. The first-order chi connectivity index (χ1) is 18.1. The van der Waals surface area contributed by atoms with Gasteiger partial charge < -0.3 is 10.6 Å². The van der Waals surface area contributed by atoms with Crippen LogP contribution in [0, 0.1) is 11.8 Å². The summed E-state index contributed by atoms with van der Waals surface area (Å²) in [7, 11) is 0. The van der Waals surface area contributed by atoms with E-state index in [-0.39, 0.29) is 30.1 Å². The van der Waals surface area contributed by atoms with E-state index >= 15 is 0 Å². The first kappa shape index (κ1) is 30.0. The lowest BCUT2D eigenvalue weighted by Gasteiger charge is -2.16. The number of urea groups is 2. The molecule has 2 saturated heterocycles. The molecule has 2 N–H and O–H groups in total. The van der Waals surface area contributed by atoms with Gasteiger partial charge in [-0.1, -0.05) is 27.7 Å². The highest BCUT2D eigenvalue weighted by Gasteiger charge is 2.35. The second kappa shape index (κ2) is 11.7. The number of nitrogens with one attached hydrogen (secondary N) is 2. The Hall–Kier alpha value is -3.58. The van der Waals surface area contributed by atoms with Crippen LogP contribution in [0.3, 0.4) is 0 Å². The number of nitrogens with zero attached hydrogens (tertiary/aromatic N) is 4. The highest BCUT2D eigenvalue weighted by Crippen LogP contribution is 2.30. The van der Waals surface area contributed by atoms with Gasteiger partial charge in [0.15, 0.2) is 0 Å². The molecule has 4 amide bonds. The fraction of sp³-hybridized carbons (Fsp3) is 0.520. The summed E-state index contributed by atoms with van der Waals surface area (Å²) in [5.41, 5.74) is -1.17. The maximum Gasteiger partial charge on any atom is 0.433 e. The van der Waals surface area contributed by atoms with Crippen LogP contribution in [-0.4, -0.2) is 47.2 Å². The summed E-state index contributed by atoms with van der Waals surface area (Å²) >= 11 is 0. The maximum atomic E-state index is 12.4. The van der Waals surface area contributed by atoms with Crippen LogP contribution in [0.4, 0.5) is 47.3 Å². The Balaban J connectivity index is 0.000000216. The first-order valence-electron chi connectivity index (χ1n) is 12.3. The molecule has 0 radical (unpaired) electrons. The molecule has 0 unspecified atom stereocenters. The Morgan fingerprint density at radius 1 is 0.795 bits per heavy atom. The molecule has 2 aromatic heterocycles. The molecule has 2 fully saturated rings. The van der Waals surface area contributed by atoms with Crippen molar-refractivity contribution in [2.24, 2.45) is 11.8 Å². The number of rotatable bonds is 5. The number of pyridine rings is 2. The van der Waals surface area contributed by atoms with Crippen LogP contribution in [0.2, 0.25) is 0 Å². The normalized spacial score (nSPS) is 19.8. The van der Waals surface area contributed by atoms with Crippen LogP contribution in [0.25, 0.3) is 0 Å². The minimum absolute atomic E-state index is 0.00482. The fourth-order valence-corrected chi connectivity index (χ4v) is 4.12. The average Bonchev–Trinajstić information content (AvgIpc) is 3.40. The Morgan fingerprint density at radius 2 is 1.26 bits per heavy atom. The number of halogens is 6. The standard InChI is InChI=1S/C13H16F3N3O.C12H14F3N3O/c1-8(2)5-9-7-19(12(20)18-9)10-3-4-11(17-6-10)13(14,15)16;1-7(2)9-6-18(11(19)17-9)8-3-4-10(16-5-8)12(13,14)15/h3-4,6,8-9H,5,7H2,1-2H3,(H,18,20);3-5,7,9H,6H2,1-2H3,(H,17,19)/t2*9-/m00/s1. The number of hydrogen-bond donors (Lipinski definition) is 2. The number of aromatic nitrogens is 2. The van der Waals surface area contributed by atoms with E-state index in [2.05, 4.69) is 34.4 Å². The molecule has 14 heteroatoms. The lowest BCUT2D eigenvalue weighted by atomic mass is 10.0. The highest BCUT2D eigenvalue weighted by molar-refractivity contribution is 5.95. The van der Waals surface area contributed by atoms with Crippen molar-refractivity contribution in [1.82, 2.24) is 20.6 Å². The number of alkyl halides is 6. The van der Waals surface area contributed by atoms with Gasteiger partial charge in [0.05, 0.1) is 29.8 Å². The Morgan fingerprint density at radius 3 is 1.62 bits per heavy atom. The van der Waals surface area contributed by atoms with Crippen LogP contribution in [0.15, 0.2) is 36.7 Å². The Bertz CT molecular complexity index is 1140. The van der Waals surface area contributed by atoms with Crippen molar-refractivity contribution in [3.8, 4) is 0 Å². The fourth-order valence-electron chi connectivity index (χ4n) is 4.12. The van der Waals surface area contributed by atoms with Gasteiger partial charge in [-0.2, -0.15) is 26.3 Å². The number of carbonyl (C=O) groups is 2. The molecule has 0 aliphatic carbocycles. The molecule has 0 saturated carbocycles. The summed E-state index contributed by atoms with van der Waals surface area (Å²) < 4.78 is 74.4. The molecule has 2 atom stereocenters. The van der Waals surface area contributed by atoms with Crippen LogP contribution < -0.4 is 20.4 Å². The van der Waals surface area contributed by atoms with Crippen LogP contribution >= 0.6 is 0 Å². The van der Waals surface area contributed by atoms with Crippen molar-refractivity contribution in [3.05, 3.63) is 48.0 Å². The summed E-state index contributed by atoms with van der Waals surface area (Å²) in [6, 6.07) is 3.71. The zero-order chi connectivity index (χ0) is 29.1. The number of carbonyl (C=O) groups excluding carboxylic acids is 2. The topological polar surface area (TPSA) is 90.5 Å². The minimum atomic E-state index is -4.47. The van der Waals surface area contributed by atoms with E-state index in [4.69, 9.17) is 0 Å². The average molecular weight is 561 g/mol. The van der Waals surface area contributed by atoms with Gasteiger partial charge in [-0.05, 0) is 42.5 Å². The third-order valence-electron chi connectivity index (χ3n) is 6.17. The van der Waals surface area contributed by atoms with Crippen molar-refractivity contribution >= 4 is 23.4 Å². The van der Waals surface area contributed by atoms with E-state index in [0.29, 0.717) is 30.4 Å². The second-order valence-electron chi connectivity index (χ2n) is 10.1. The van der Waals surface area contributed by atoms with Crippen molar-refractivity contribution in [3.63, 3.8) is 0 Å². The van der Waals surface area contributed by atoms with Gasteiger partial charge in [-0.25, -0.2) is 19.6 Å². The first-order valence-corrected chi connectivity index (χ1v) is 12.3. The van der Waals surface area contributed by atoms with Gasteiger partial charge in [0.2, 0.25) is 0 Å². The molecule has 4 rings (SSSR count). The van der Waals surface area contributed by atoms with Gasteiger partial charge in [-0.15, -0.1) is 0 Å². The third kappa shape index (κ3) is 7.73. The molecule has 2 aromatic rings. The van der Waals surface area contributed by atoms with Gasteiger partial charge in [-0.3, -0.25) is 9.80 Å². The summed E-state index contributed by atoms with van der Waals surface area (Å²) in [5.74, 6) is 0.697. The molecule has 0 spiro atoms. The molecule has 2 aliphatic heterocycles. The monoisotopic (exact) mass is 560 g/mol. The summed E-state index contributed by atoms with van der Waals surface area (Å²) in [6.45, 7) is 8.93. The summed E-state index contributed by atoms with van der Waals surface area (Å²) in [4.78, 5) is 33.1. The van der Waals surface area contributed by atoms with Crippen molar-refractivity contribution in [2.45, 2.75) is 58.6 Å². The van der Waals surface area contributed by atoms with Crippen LogP contribution in [-0.2, 0) is 12.4 Å². The zero-order valence-electron chi connectivity index (χ0n) is 21.8. The van der Waals surface area contributed by atoms with E-state index in [1.54, 1.807) is 0 Å². The SMILES string of the molecule is CC(C)C[C@H]1CN(c2ccc(C(F)(F)F)nc2)C(=O)N1.CC(C)[C@@H]1CN(c2ccc(C(F)(F)F)nc2)C(=O)N1. The van der Waals surface area contributed by atoms with E-state index in [1.165, 1.54) is 21.9 Å². The molecule has 39 heavy (non-hydrogen) atoms. The molecule has 8 nitrogen and oxygen atoms in total. The maximum absolute atomic E-state index is 12.4. The largest absolute Gasteiger partial charge is 0.433 e. The second-order valence-corrected chi connectivity index (χ2v) is 10.1. The molecule has 0 aromatic carbocycles. The summed E-state index contributed by atoms with van der Waals surface area (Å²) in [6.07, 6.45) is -5.94. The minimum Gasteiger partial charge on any atom is -0.333 e. The Labute approximate surface area is 221 Å². The van der Waals surface area contributed by atoms with Gasteiger partial charge in [0.1, 0.15) is 11.4 Å². The molecule has 0 bridgehead atoms. The number of anilines is 2. The predicted octanol–water partition coefficient (Wildman–Crippen LogP) is 5.70. The van der Waals surface area contributed by atoms with Crippen molar-refractivity contribution in [2.75, 3.05) is 22.9 Å². The zero-order valence-corrected chi connectivity index (χ0v) is 21.8. The van der Waals surface area contributed by atoms with Gasteiger partial charge in [0, 0.05) is 19.1 Å². The quantitative estimate of drug-likeness (QED) is 0.459. The summed E-state index contributed by atoms with van der Waals surface area (Å²) in [5, 5.41) is 5.60.